The normalized spacial score (nSPS) is 14.5. The lowest BCUT2D eigenvalue weighted by molar-refractivity contribution is 0.730. The number of fused-ring (bicyclic) bond motifs is 3. The summed E-state index contributed by atoms with van der Waals surface area (Å²) in [5.74, 6) is 0.534. The third-order valence-electron chi connectivity index (χ3n) is 9.12. The number of rotatable bonds is 6. The van der Waals surface area contributed by atoms with Crippen LogP contribution < -0.4 is 5.32 Å². The lowest BCUT2D eigenvalue weighted by Crippen LogP contribution is -2.04. The second-order valence-corrected chi connectivity index (χ2v) is 12.5. The van der Waals surface area contributed by atoms with Crippen molar-refractivity contribution in [3.8, 4) is 33.4 Å². The maximum Gasteiger partial charge on any atom is 0.0538 e. The van der Waals surface area contributed by atoms with Crippen LogP contribution in [0.1, 0.15) is 18.9 Å². The Hall–Kier alpha value is -5.60. The second-order valence-electron chi connectivity index (χ2n) is 12.5. The van der Waals surface area contributed by atoms with Crippen LogP contribution in [0.3, 0.4) is 0 Å². The third-order valence-corrected chi connectivity index (χ3v) is 9.12. The van der Waals surface area contributed by atoms with E-state index in [1.54, 1.807) is 0 Å². The maximum absolute atomic E-state index is 3.65. The van der Waals surface area contributed by atoms with Crippen molar-refractivity contribution in [2.45, 2.75) is 20.3 Å². The van der Waals surface area contributed by atoms with Gasteiger partial charge in [-0.05, 0) is 107 Å². The minimum absolute atomic E-state index is 0.534. The van der Waals surface area contributed by atoms with E-state index in [1.165, 1.54) is 66.4 Å². The van der Waals surface area contributed by atoms with E-state index in [-0.39, 0.29) is 0 Å². The Morgan fingerprint density at radius 1 is 0.587 bits per heavy atom. The van der Waals surface area contributed by atoms with Crippen LogP contribution >= 0.6 is 0 Å². The summed E-state index contributed by atoms with van der Waals surface area (Å²) >= 11 is 0. The molecule has 0 amide bonds. The zero-order chi connectivity index (χ0) is 31.0. The molecule has 1 N–H and O–H groups in total. The van der Waals surface area contributed by atoms with E-state index in [1.807, 2.05) is 6.07 Å². The number of para-hydroxylation sites is 2. The summed E-state index contributed by atoms with van der Waals surface area (Å²) in [6.07, 6.45) is 7.82. The molecule has 1 aromatic heterocycles. The highest BCUT2D eigenvalue weighted by molar-refractivity contribution is 6.11. The van der Waals surface area contributed by atoms with Crippen molar-refractivity contribution in [1.82, 2.24) is 4.57 Å². The van der Waals surface area contributed by atoms with Crippen LogP contribution in [0.4, 0.5) is 11.4 Å². The van der Waals surface area contributed by atoms with Crippen molar-refractivity contribution >= 4 is 38.9 Å². The number of hydrogen-bond acceptors (Lipinski definition) is 1. The molecule has 1 aliphatic carbocycles. The van der Waals surface area contributed by atoms with Crippen LogP contribution in [0.15, 0.2) is 158 Å². The molecule has 0 radical (unpaired) electrons. The number of hydrogen-bond donors (Lipinski definition) is 1. The molecule has 8 rings (SSSR count). The fraction of sp³-hybridized carbons (Fsp3) is 0.0909. The molecule has 222 valence electrons. The highest BCUT2D eigenvalue weighted by Gasteiger charge is 2.17. The quantitative estimate of drug-likeness (QED) is 0.203. The molecule has 2 nitrogen and oxygen atoms in total. The molecule has 0 aliphatic heterocycles. The van der Waals surface area contributed by atoms with Crippen LogP contribution in [-0.2, 0) is 0 Å². The standard InChI is InChI=1S/C44H36N2/c1-30-12-11-17-38(26-30)46-43-19-10-9-18-39(43)41-29-34(21-23-44(41)46)36-25-31(2)24-35(27-36)33-20-22-42(45-37-15-7-4-8-16-37)40(28-33)32-13-5-3-6-14-32/h3-25,27-30,45H,26H2,1-2H3. The Morgan fingerprint density at radius 3 is 2.04 bits per heavy atom. The molecular formula is C44H36N2. The van der Waals surface area contributed by atoms with Gasteiger partial charge in [-0.15, -0.1) is 0 Å². The van der Waals surface area contributed by atoms with Gasteiger partial charge in [-0.3, -0.25) is 0 Å². The summed E-state index contributed by atoms with van der Waals surface area (Å²) in [5, 5.41) is 6.24. The van der Waals surface area contributed by atoms with E-state index < -0.39 is 0 Å². The average Bonchev–Trinajstić information content (AvgIpc) is 3.43. The molecule has 1 heterocycles. The van der Waals surface area contributed by atoms with Crippen molar-refractivity contribution in [2.75, 3.05) is 5.32 Å². The first-order valence-corrected chi connectivity index (χ1v) is 16.2. The first-order chi connectivity index (χ1) is 22.6. The van der Waals surface area contributed by atoms with Crippen molar-refractivity contribution in [3.05, 3.63) is 163 Å². The number of aromatic nitrogens is 1. The predicted octanol–water partition coefficient (Wildman–Crippen LogP) is 12.3. The van der Waals surface area contributed by atoms with Gasteiger partial charge >= 0.3 is 0 Å². The van der Waals surface area contributed by atoms with Crippen molar-refractivity contribution in [3.63, 3.8) is 0 Å². The Kier molecular flexibility index (Phi) is 7.11. The Morgan fingerprint density at radius 2 is 1.26 bits per heavy atom. The summed E-state index contributed by atoms with van der Waals surface area (Å²) < 4.78 is 2.46. The summed E-state index contributed by atoms with van der Waals surface area (Å²) in [6, 6.07) is 50.6. The lowest BCUT2D eigenvalue weighted by Gasteiger charge is -2.18. The number of aryl methyl sites for hydroxylation is 1. The van der Waals surface area contributed by atoms with E-state index in [0.717, 1.165) is 17.8 Å². The van der Waals surface area contributed by atoms with E-state index in [2.05, 4.69) is 175 Å². The lowest BCUT2D eigenvalue weighted by atomic mass is 9.93. The number of allylic oxidation sites excluding steroid dienone is 4. The molecule has 0 fully saturated rings. The Labute approximate surface area is 271 Å². The van der Waals surface area contributed by atoms with Gasteiger partial charge in [0.25, 0.3) is 0 Å². The van der Waals surface area contributed by atoms with Gasteiger partial charge in [-0.1, -0.05) is 110 Å². The minimum Gasteiger partial charge on any atom is -0.355 e. The van der Waals surface area contributed by atoms with Crippen molar-refractivity contribution in [1.29, 1.82) is 0 Å². The molecule has 1 aliphatic rings. The number of anilines is 2. The summed E-state index contributed by atoms with van der Waals surface area (Å²) in [5.41, 5.74) is 14.6. The van der Waals surface area contributed by atoms with Gasteiger partial charge in [-0.25, -0.2) is 0 Å². The molecule has 46 heavy (non-hydrogen) atoms. The first kappa shape index (κ1) is 27.9. The summed E-state index contributed by atoms with van der Waals surface area (Å²) in [4.78, 5) is 0. The van der Waals surface area contributed by atoms with E-state index in [0.29, 0.717) is 5.92 Å². The van der Waals surface area contributed by atoms with E-state index >= 15 is 0 Å². The van der Waals surface area contributed by atoms with Crippen LogP contribution in [0.2, 0.25) is 0 Å². The predicted molar refractivity (Wildman–Crippen MR) is 197 cm³/mol. The highest BCUT2D eigenvalue weighted by atomic mass is 15.0. The molecule has 1 atom stereocenters. The topological polar surface area (TPSA) is 17.0 Å². The van der Waals surface area contributed by atoms with Crippen molar-refractivity contribution in [2.24, 2.45) is 5.92 Å². The molecule has 0 saturated carbocycles. The largest absolute Gasteiger partial charge is 0.355 e. The van der Waals surface area contributed by atoms with Gasteiger partial charge in [0.2, 0.25) is 0 Å². The zero-order valence-corrected chi connectivity index (χ0v) is 26.2. The molecule has 0 spiro atoms. The van der Waals surface area contributed by atoms with Crippen LogP contribution in [-0.4, -0.2) is 4.57 Å². The second kappa shape index (κ2) is 11.7. The molecule has 0 saturated heterocycles. The molecule has 6 aromatic carbocycles. The average molecular weight is 593 g/mol. The van der Waals surface area contributed by atoms with Crippen LogP contribution in [0, 0.1) is 12.8 Å². The van der Waals surface area contributed by atoms with Crippen LogP contribution in [0.25, 0.3) is 60.9 Å². The Balaban J connectivity index is 1.23. The smallest absolute Gasteiger partial charge is 0.0538 e. The van der Waals surface area contributed by atoms with Crippen molar-refractivity contribution < 1.29 is 0 Å². The third kappa shape index (κ3) is 5.22. The molecule has 0 bridgehead atoms. The van der Waals surface area contributed by atoms with Gasteiger partial charge in [0, 0.05) is 33.4 Å². The van der Waals surface area contributed by atoms with Crippen LogP contribution in [0.5, 0.6) is 0 Å². The minimum atomic E-state index is 0.534. The molecule has 7 aromatic rings. The molecule has 2 heteroatoms. The first-order valence-electron chi connectivity index (χ1n) is 16.2. The van der Waals surface area contributed by atoms with E-state index in [4.69, 9.17) is 0 Å². The fourth-order valence-corrected chi connectivity index (χ4v) is 6.93. The summed E-state index contributed by atoms with van der Waals surface area (Å²) in [6.45, 7) is 4.49. The van der Waals surface area contributed by atoms with Gasteiger partial charge in [0.1, 0.15) is 0 Å². The Bertz CT molecular complexity index is 2270. The maximum atomic E-state index is 3.65. The van der Waals surface area contributed by atoms with Gasteiger partial charge in [0.15, 0.2) is 0 Å². The zero-order valence-electron chi connectivity index (χ0n) is 26.2. The monoisotopic (exact) mass is 592 g/mol. The fourth-order valence-electron chi connectivity index (χ4n) is 6.93. The van der Waals surface area contributed by atoms with E-state index in [9.17, 15) is 0 Å². The molecular weight excluding hydrogens is 556 g/mol. The SMILES string of the molecule is Cc1cc(-c2ccc(Nc3ccccc3)c(-c3ccccc3)c2)cc(-c2ccc3c(c2)c2ccccc2n3C2=CC=CC(C)C2)c1. The number of nitrogens with one attached hydrogen (secondary N) is 1. The summed E-state index contributed by atoms with van der Waals surface area (Å²) in [7, 11) is 0. The number of nitrogens with zero attached hydrogens (tertiary/aromatic N) is 1. The van der Waals surface area contributed by atoms with Gasteiger partial charge < -0.3 is 9.88 Å². The molecule has 1 unspecified atom stereocenters. The highest BCUT2D eigenvalue weighted by Crippen LogP contribution is 2.39. The number of benzene rings is 6. The van der Waals surface area contributed by atoms with Gasteiger partial charge in [-0.2, -0.15) is 0 Å². The van der Waals surface area contributed by atoms with Gasteiger partial charge in [0.05, 0.1) is 11.0 Å².